The largest absolute Gasteiger partial charge is 0.296 e. The number of amides is 1. The molecule has 2 heterocycles. The van der Waals surface area contributed by atoms with E-state index >= 15 is 0 Å². The van der Waals surface area contributed by atoms with E-state index in [0.29, 0.717) is 29.7 Å². The van der Waals surface area contributed by atoms with Gasteiger partial charge in [-0.2, -0.15) is 4.31 Å². The Morgan fingerprint density at radius 2 is 1.83 bits per heavy atom. The predicted octanol–water partition coefficient (Wildman–Crippen LogP) is 4.26. The van der Waals surface area contributed by atoms with E-state index in [0.717, 1.165) is 43.5 Å². The van der Waals surface area contributed by atoms with Gasteiger partial charge in [-0.05, 0) is 43.9 Å². The number of benzene rings is 1. The summed E-state index contributed by atoms with van der Waals surface area (Å²) in [6, 6.07) is 6.21. The van der Waals surface area contributed by atoms with Crippen molar-refractivity contribution < 1.29 is 13.2 Å². The molecule has 1 N–H and O–H groups in total. The van der Waals surface area contributed by atoms with Gasteiger partial charge in [0, 0.05) is 24.6 Å². The number of sulfonamides is 1. The Morgan fingerprint density at radius 3 is 2.48 bits per heavy atom. The number of anilines is 1. The highest BCUT2D eigenvalue weighted by Crippen LogP contribution is 2.28. The van der Waals surface area contributed by atoms with Crippen molar-refractivity contribution in [3.8, 4) is 0 Å². The zero-order valence-electron chi connectivity index (χ0n) is 16.9. The number of nitrogens with one attached hydrogen (secondary N) is 1. The van der Waals surface area contributed by atoms with Gasteiger partial charge in [-0.25, -0.2) is 8.42 Å². The average Bonchev–Trinajstić information content (AvgIpc) is 3.00. The van der Waals surface area contributed by atoms with Crippen LogP contribution >= 0.6 is 11.3 Å². The van der Waals surface area contributed by atoms with E-state index in [2.05, 4.69) is 29.4 Å². The van der Waals surface area contributed by atoms with Crippen LogP contribution in [0.15, 0.2) is 29.2 Å². The van der Waals surface area contributed by atoms with E-state index in [4.69, 9.17) is 0 Å². The fourth-order valence-corrected chi connectivity index (χ4v) is 6.05. The molecule has 0 spiro atoms. The summed E-state index contributed by atoms with van der Waals surface area (Å²) in [7, 11) is -3.60. The molecule has 0 aliphatic carbocycles. The first kappa shape index (κ1) is 21.9. The summed E-state index contributed by atoms with van der Waals surface area (Å²) < 4.78 is 27.5. The number of hydrogen-bond acceptors (Lipinski definition) is 6. The lowest BCUT2D eigenvalue weighted by molar-refractivity contribution is 0.102. The van der Waals surface area contributed by atoms with E-state index < -0.39 is 10.0 Å². The maximum absolute atomic E-state index is 13.0. The van der Waals surface area contributed by atoms with Crippen molar-refractivity contribution in [3.05, 3.63) is 34.8 Å². The van der Waals surface area contributed by atoms with Gasteiger partial charge in [0.1, 0.15) is 5.01 Å². The third-order valence-corrected chi connectivity index (χ3v) is 8.19. The van der Waals surface area contributed by atoms with E-state index in [1.54, 1.807) is 18.2 Å². The molecule has 2 aromatic rings. The summed E-state index contributed by atoms with van der Waals surface area (Å²) in [5.74, 6) is -0.0505. The van der Waals surface area contributed by atoms with Crippen molar-refractivity contribution in [1.82, 2.24) is 14.5 Å². The number of hydrogen-bond donors (Lipinski definition) is 1. The topological polar surface area (TPSA) is 92.3 Å². The van der Waals surface area contributed by atoms with Crippen molar-refractivity contribution >= 4 is 32.4 Å². The number of carbonyl (C=O) groups is 1. The molecule has 1 saturated heterocycles. The SMILES string of the molecule is CCC(CC)c1nnc(NC(=O)c2cccc(S(=O)(=O)N3CCCCCC3)c2)s1. The van der Waals surface area contributed by atoms with Crippen molar-refractivity contribution in [1.29, 1.82) is 0 Å². The molecular weight excluding hydrogens is 408 g/mol. The highest BCUT2D eigenvalue weighted by atomic mass is 32.2. The highest BCUT2D eigenvalue weighted by Gasteiger charge is 2.26. The van der Waals surface area contributed by atoms with E-state index in [9.17, 15) is 13.2 Å². The quantitative estimate of drug-likeness (QED) is 0.700. The average molecular weight is 437 g/mol. The molecule has 7 nitrogen and oxygen atoms in total. The summed E-state index contributed by atoms with van der Waals surface area (Å²) in [5.41, 5.74) is 0.292. The van der Waals surface area contributed by atoms with Crippen molar-refractivity contribution in [2.75, 3.05) is 18.4 Å². The van der Waals surface area contributed by atoms with Crippen LogP contribution in [0.2, 0.25) is 0 Å². The smallest absolute Gasteiger partial charge is 0.257 e. The van der Waals surface area contributed by atoms with Gasteiger partial charge >= 0.3 is 0 Å². The molecule has 1 aliphatic rings. The molecule has 9 heteroatoms. The molecule has 0 radical (unpaired) electrons. The second-order valence-corrected chi connectivity index (χ2v) is 10.2. The Bertz CT molecular complexity index is 931. The molecule has 3 rings (SSSR count). The summed E-state index contributed by atoms with van der Waals surface area (Å²) in [6.45, 7) is 5.26. The van der Waals surface area contributed by atoms with Crippen molar-refractivity contribution in [2.45, 2.75) is 63.2 Å². The Morgan fingerprint density at radius 1 is 1.14 bits per heavy atom. The minimum atomic E-state index is -3.60. The molecule has 1 fully saturated rings. The first-order chi connectivity index (χ1) is 14.0. The van der Waals surface area contributed by atoms with Gasteiger partial charge in [0.2, 0.25) is 15.2 Å². The highest BCUT2D eigenvalue weighted by molar-refractivity contribution is 7.89. The zero-order chi connectivity index (χ0) is 20.9. The maximum Gasteiger partial charge on any atom is 0.257 e. The molecular formula is C20H28N4O3S2. The van der Waals surface area contributed by atoms with Gasteiger partial charge in [0.25, 0.3) is 5.91 Å². The van der Waals surface area contributed by atoms with Gasteiger partial charge in [-0.15, -0.1) is 10.2 Å². The summed E-state index contributed by atoms with van der Waals surface area (Å²) in [5, 5.41) is 12.3. The Kier molecular flexibility index (Phi) is 7.37. The first-order valence-electron chi connectivity index (χ1n) is 10.2. The molecule has 0 bridgehead atoms. The lowest BCUT2D eigenvalue weighted by atomic mass is 10.1. The van der Waals surface area contributed by atoms with Crippen molar-refractivity contribution in [3.63, 3.8) is 0 Å². The van der Waals surface area contributed by atoms with Crippen LogP contribution in [-0.2, 0) is 10.0 Å². The van der Waals surface area contributed by atoms with Gasteiger partial charge in [-0.1, -0.05) is 44.1 Å². The van der Waals surface area contributed by atoms with Crippen LogP contribution in [0.3, 0.4) is 0 Å². The minimum absolute atomic E-state index is 0.155. The van der Waals surface area contributed by atoms with E-state index in [1.807, 2.05) is 0 Å². The lowest BCUT2D eigenvalue weighted by Gasteiger charge is -2.20. The molecule has 158 valence electrons. The maximum atomic E-state index is 13.0. The van der Waals surface area contributed by atoms with E-state index in [-0.39, 0.29) is 10.8 Å². The molecule has 0 unspecified atom stereocenters. The summed E-state index contributed by atoms with van der Waals surface area (Å²) in [6.07, 6.45) is 5.78. The minimum Gasteiger partial charge on any atom is -0.296 e. The summed E-state index contributed by atoms with van der Waals surface area (Å²) >= 11 is 1.37. The van der Waals surface area contributed by atoms with Crippen molar-refractivity contribution in [2.24, 2.45) is 0 Å². The third-order valence-electron chi connectivity index (χ3n) is 5.29. The normalized spacial score (nSPS) is 16.0. The Hall–Kier alpha value is -1.84. The van der Waals surface area contributed by atoms with Crippen LogP contribution in [0.5, 0.6) is 0 Å². The zero-order valence-corrected chi connectivity index (χ0v) is 18.6. The second kappa shape index (κ2) is 9.77. The van der Waals surface area contributed by atoms with Gasteiger partial charge < -0.3 is 0 Å². The number of rotatable bonds is 7. The number of aromatic nitrogens is 2. The fraction of sp³-hybridized carbons (Fsp3) is 0.550. The Labute approximate surface area is 176 Å². The van der Waals surface area contributed by atoms with Crippen LogP contribution < -0.4 is 5.32 Å². The molecule has 1 aromatic heterocycles. The molecule has 1 aliphatic heterocycles. The molecule has 29 heavy (non-hydrogen) atoms. The number of carbonyl (C=O) groups excluding carboxylic acids is 1. The molecule has 1 amide bonds. The fourth-order valence-electron chi connectivity index (χ4n) is 3.49. The van der Waals surface area contributed by atoms with Crippen LogP contribution in [0.4, 0.5) is 5.13 Å². The molecule has 1 aromatic carbocycles. The van der Waals surface area contributed by atoms with Gasteiger partial charge in [0.05, 0.1) is 4.90 Å². The first-order valence-corrected chi connectivity index (χ1v) is 12.5. The predicted molar refractivity (Wildman–Crippen MR) is 115 cm³/mol. The van der Waals surface area contributed by atoms with Gasteiger partial charge in [0.15, 0.2) is 0 Å². The van der Waals surface area contributed by atoms with Crippen LogP contribution in [0.25, 0.3) is 0 Å². The lowest BCUT2D eigenvalue weighted by Crippen LogP contribution is -2.32. The molecule has 0 atom stereocenters. The van der Waals surface area contributed by atoms with Gasteiger partial charge in [-0.3, -0.25) is 10.1 Å². The van der Waals surface area contributed by atoms with E-state index in [1.165, 1.54) is 21.7 Å². The number of nitrogens with zero attached hydrogens (tertiary/aromatic N) is 3. The Balaban J connectivity index is 1.76. The van der Waals surface area contributed by atoms with Crippen LogP contribution in [0, 0.1) is 0 Å². The summed E-state index contributed by atoms with van der Waals surface area (Å²) in [4.78, 5) is 12.8. The third kappa shape index (κ3) is 5.21. The molecule has 0 saturated carbocycles. The standard InChI is InChI=1S/C20H28N4O3S2/c1-3-15(4-2)19-22-23-20(28-19)21-18(25)16-10-9-11-17(14-16)29(26,27)24-12-7-5-6-8-13-24/h9-11,14-15H,3-8,12-13H2,1-2H3,(H,21,23,25). The van der Waals surface area contributed by atoms with Crippen LogP contribution in [0.1, 0.15) is 73.7 Å². The van der Waals surface area contributed by atoms with Crippen LogP contribution in [-0.4, -0.2) is 41.9 Å². The second-order valence-electron chi connectivity index (χ2n) is 7.26. The monoisotopic (exact) mass is 436 g/mol.